The van der Waals surface area contributed by atoms with Crippen LogP contribution < -0.4 is 5.32 Å². The fourth-order valence-corrected chi connectivity index (χ4v) is 2.41. The van der Waals surface area contributed by atoms with Crippen molar-refractivity contribution in [1.82, 2.24) is 15.0 Å². The Morgan fingerprint density at radius 2 is 1.96 bits per heavy atom. The molecule has 2 amide bonds. The summed E-state index contributed by atoms with van der Waals surface area (Å²) >= 11 is 0. The topological polar surface area (TPSA) is 101 Å². The van der Waals surface area contributed by atoms with Crippen LogP contribution in [-0.4, -0.2) is 40.4 Å². The van der Waals surface area contributed by atoms with Crippen molar-refractivity contribution in [1.29, 1.82) is 0 Å². The highest BCUT2D eigenvalue weighted by Crippen LogP contribution is 2.16. The SMILES string of the molecule is Cc1ccc(NC(=O)CN(C)C(=O)CCc2nc(-c3ccco3)no2)cc1. The third-order valence-corrected chi connectivity index (χ3v) is 3.90. The third-order valence-electron chi connectivity index (χ3n) is 3.90. The van der Waals surface area contributed by atoms with Crippen molar-refractivity contribution in [2.75, 3.05) is 18.9 Å². The maximum absolute atomic E-state index is 12.2. The summed E-state index contributed by atoms with van der Waals surface area (Å²) in [6, 6.07) is 10.9. The van der Waals surface area contributed by atoms with Gasteiger partial charge >= 0.3 is 0 Å². The predicted octanol–water partition coefficient (Wildman–Crippen LogP) is 2.67. The largest absolute Gasteiger partial charge is 0.461 e. The molecular formula is C19H20N4O4. The summed E-state index contributed by atoms with van der Waals surface area (Å²) in [5.41, 5.74) is 1.80. The number of benzene rings is 1. The number of hydrogen-bond donors (Lipinski definition) is 1. The van der Waals surface area contributed by atoms with Crippen molar-refractivity contribution >= 4 is 17.5 Å². The average Bonchev–Trinajstić information content (AvgIpc) is 3.33. The number of furan rings is 1. The summed E-state index contributed by atoms with van der Waals surface area (Å²) in [7, 11) is 1.58. The van der Waals surface area contributed by atoms with Crippen molar-refractivity contribution in [3.63, 3.8) is 0 Å². The number of rotatable bonds is 7. The van der Waals surface area contributed by atoms with Gasteiger partial charge in [-0.1, -0.05) is 22.9 Å². The van der Waals surface area contributed by atoms with Gasteiger partial charge in [0.25, 0.3) is 0 Å². The zero-order valence-corrected chi connectivity index (χ0v) is 15.1. The van der Waals surface area contributed by atoms with Crippen LogP contribution in [-0.2, 0) is 16.0 Å². The van der Waals surface area contributed by atoms with Gasteiger partial charge in [0.1, 0.15) is 0 Å². The molecule has 0 saturated carbocycles. The normalized spacial score (nSPS) is 10.6. The Morgan fingerprint density at radius 3 is 2.67 bits per heavy atom. The summed E-state index contributed by atoms with van der Waals surface area (Å²) in [6.45, 7) is 1.94. The van der Waals surface area contributed by atoms with E-state index in [1.54, 1.807) is 19.2 Å². The number of hydrogen-bond acceptors (Lipinski definition) is 6. The smallest absolute Gasteiger partial charge is 0.243 e. The Kier molecular flexibility index (Phi) is 5.65. The van der Waals surface area contributed by atoms with Crippen LogP contribution in [0.1, 0.15) is 17.9 Å². The first-order chi connectivity index (χ1) is 13.0. The highest BCUT2D eigenvalue weighted by molar-refractivity contribution is 5.94. The van der Waals surface area contributed by atoms with Crippen molar-refractivity contribution in [3.05, 3.63) is 54.1 Å². The fraction of sp³-hybridized carbons (Fsp3) is 0.263. The van der Waals surface area contributed by atoms with Gasteiger partial charge in [0.05, 0.1) is 12.8 Å². The molecule has 140 valence electrons. The second-order valence-electron chi connectivity index (χ2n) is 6.15. The number of carbonyl (C=O) groups excluding carboxylic acids is 2. The lowest BCUT2D eigenvalue weighted by Gasteiger charge is -2.16. The Labute approximate surface area is 156 Å². The summed E-state index contributed by atoms with van der Waals surface area (Å²) in [6.07, 6.45) is 1.97. The molecule has 2 heterocycles. The third kappa shape index (κ3) is 5.04. The quantitative estimate of drug-likeness (QED) is 0.688. The molecule has 27 heavy (non-hydrogen) atoms. The van der Waals surface area contributed by atoms with Gasteiger partial charge in [-0.2, -0.15) is 4.98 Å². The minimum atomic E-state index is -0.257. The Bertz CT molecular complexity index is 900. The molecule has 2 aromatic heterocycles. The van der Waals surface area contributed by atoms with Crippen LogP contribution in [0.15, 0.2) is 51.6 Å². The van der Waals surface area contributed by atoms with Gasteiger partial charge < -0.3 is 19.2 Å². The van der Waals surface area contributed by atoms with E-state index < -0.39 is 0 Å². The number of nitrogens with zero attached hydrogens (tertiary/aromatic N) is 3. The summed E-state index contributed by atoms with van der Waals surface area (Å²) in [5, 5.41) is 6.58. The van der Waals surface area contributed by atoms with Crippen LogP contribution in [0.4, 0.5) is 5.69 Å². The molecule has 1 aromatic carbocycles. The summed E-state index contributed by atoms with van der Waals surface area (Å²) < 4.78 is 10.3. The van der Waals surface area contributed by atoms with E-state index in [9.17, 15) is 9.59 Å². The molecule has 0 atom stereocenters. The molecule has 3 aromatic rings. The standard InChI is InChI=1S/C19H20N4O4/c1-13-5-7-14(8-6-13)20-16(24)12-23(2)18(25)10-9-17-21-19(22-27-17)15-4-3-11-26-15/h3-8,11H,9-10,12H2,1-2H3,(H,20,24). The number of carbonyl (C=O) groups is 2. The monoisotopic (exact) mass is 368 g/mol. The predicted molar refractivity (Wildman–Crippen MR) is 97.8 cm³/mol. The van der Waals surface area contributed by atoms with Crippen molar-refractivity contribution in [2.45, 2.75) is 19.8 Å². The molecule has 0 fully saturated rings. The number of aromatic nitrogens is 2. The Balaban J connectivity index is 1.46. The van der Waals surface area contributed by atoms with Crippen LogP contribution in [0.25, 0.3) is 11.6 Å². The summed E-state index contributed by atoms with van der Waals surface area (Å²) in [5.74, 6) is 0.737. The number of likely N-dealkylation sites (N-methyl/N-ethyl adjacent to an activating group) is 1. The fourth-order valence-electron chi connectivity index (χ4n) is 2.41. The molecule has 0 aliphatic rings. The molecule has 3 rings (SSSR count). The van der Waals surface area contributed by atoms with Crippen LogP contribution in [0.5, 0.6) is 0 Å². The molecule has 0 saturated heterocycles. The first-order valence-electron chi connectivity index (χ1n) is 8.48. The summed E-state index contributed by atoms with van der Waals surface area (Å²) in [4.78, 5) is 29.8. The number of aryl methyl sites for hydroxylation is 2. The number of amides is 2. The van der Waals surface area contributed by atoms with Gasteiger partial charge in [0.15, 0.2) is 5.76 Å². The first kappa shape index (κ1) is 18.4. The average molecular weight is 368 g/mol. The number of nitrogens with one attached hydrogen (secondary N) is 1. The van der Waals surface area contributed by atoms with E-state index in [1.165, 1.54) is 11.2 Å². The van der Waals surface area contributed by atoms with Gasteiger partial charge in [0.2, 0.25) is 23.5 Å². The van der Waals surface area contributed by atoms with E-state index in [0.717, 1.165) is 5.56 Å². The number of anilines is 1. The van der Waals surface area contributed by atoms with Crippen molar-refractivity contribution < 1.29 is 18.5 Å². The maximum atomic E-state index is 12.2. The second kappa shape index (κ2) is 8.31. The van der Waals surface area contributed by atoms with E-state index in [0.29, 0.717) is 23.2 Å². The van der Waals surface area contributed by atoms with Gasteiger partial charge in [0, 0.05) is 25.6 Å². The molecule has 0 unspecified atom stereocenters. The lowest BCUT2D eigenvalue weighted by molar-refractivity contribution is -0.133. The van der Waals surface area contributed by atoms with E-state index in [4.69, 9.17) is 8.94 Å². The van der Waals surface area contributed by atoms with Crippen LogP contribution >= 0.6 is 0 Å². The lowest BCUT2D eigenvalue weighted by atomic mass is 10.2. The molecule has 8 heteroatoms. The lowest BCUT2D eigenvalue weighted by Crippen LogP contribution is -2.35. The Hall–Kier alpha value is -3.42. The zero-order chi connectivity index (χ0) is 19.2. The highest BCUT2D eigenvalue weighted by Gasteiger charge is 2.16. The molecular weight excluding hydrogens is 348 g/mol. The van der Waals surface area contributed by atoms with Gasteiger partial charge in [-0.05, 0) is 31.2 Å². The first-order valence-corrected chi connectivity index (χ1v) is 8.48. The van der Waals surface area contributed by atoms with Gasteiger partial charge in [-0.15, -0.1) is 0 Å². The molecule has 0 aliphatic carbocycles. The maximum Gasteiger partial charge on any atom is 0.243 e. The minimum absolute atomic E-state index is 0.0335. The van der Waals surface area contributed by atoms with Crippen LogP contribution in [0, 0.1) is 6.92 Å². The highest BCUT2D eigenvalue weighted by atomic mass is 16.5. The van der Waals surface area contributed by atoms with Crippen LogP contribution in [0.2, 0.25) is 0 Å². The molecule has 0 radical (unpaired) electrons. The van der Waals surface area contributed by atoms with E-state index in [1.807, 2.05) is 31.2 Å². The minimum Gasteiger partial charge on any atom is -0.461 e. The van der Waals surface area contributed by atoms with E-state index >= 15 is 0 Å². The zero-order valence-electron chi connectivity index (χ0n) is 15.1. The van der Waals surface area contributed by atoms with Gasteiger partial charge in [-0.3, -0.25) is 9.59 Å². The molecule has 0 spiro atoms. The molecule has 0 bridgehead atoms. The molecule has 1 N–H and O–H groups in total. The second-order valence-corrected chi connectivity index (χ2v) is 6.15. The Morgan fingerprint density at radius 1 is 1.19 bits per heavy atom. The van der Waals surface area contributed by atoms with Crippen molar-refractivity contribution in [2.24, 2.45) is 0 Å². The van der Waals surface area contributed by atoms with Crippen molar-refractivity contribution in [3.8, 4) is 11.6 Å². The van der Waals surface area contributed by atoms with Gasteiger partial charge in [-0.25, -0.2) is 0 Å². The van der Waals surface area contributed by atoms with E-state index in [-0.39, 0.29) is 31.2 Å². The van der Waals surface area contributed by atoms with E-state index in [2.05, 4.69) is 15.5 Å². The van der Waals surface area contributed by atoms with Crippen LogP contribution in [0.3, 0.4) is 0 Å². The molecule has 8 nitrogen and oxygen atoms in total. The molecule has 0 aliphatic heterocycles.